The van der Waals surface area contributed by atoms with Gasteiger partial charge in [-0.1, -0.05) is 11.3 Å². The fraction of sp³-hybridized carbons (Fsp3) is 0.667. The summed E-state index contributed by atoms with van der Waals surface area (Å²) >= 11 is 0.921. The van der Waals surface area contributed by atoms with Gasteiger partial charge >= 0.3 is 5.69 Å². The Morgan fingerprint density at radius 2 is 2.14 bits per heavy atom. The highest BCUT2D eigenvalue weighted by molar-refractivity contribution is 7.92. The lowest BCUT2D eigenvalue weighted by Crippen LogP contribution is -2.36. The average molecular weight is 333 g/mol. The van der Waals surface area contributed by atoms with E-state index in [4.69, 9.17) is 0 Å². The molecule has 1 aromatic heterocycles. The first-order chi connectivity index (χ1) is 9.70. The van der Waals surface area contributed by atoms with Gasteiger partial charge in [0.15, 0.2) is 14.8 Å². The van der Waals surface area contributed by atoms with Crippen LogP contribution < -0.4 is 5.32 Å². The zero-order valence-electron chi connectivity index (χ0n) is 12.2. The normalized spacial score (nSPS) is 17.0. The number of thiophene rings is 1. The molecule has 1 aliphatic carbocycles. The molecule has 2 rings (SSSR count). The molecule has 0 bridgehead atoms. The van der Waals surface area contributed by atoms with Crippen LogP contribution >= 0.6 is 11.3 Å². The molecule has 0 radical (unpaired) electrons. The van der Waals surface area contributed by atoms with Crippen LogP contribution in [-0.2, 0) is 9.84 Å². The summed E-state index contributed by atoms with van der Waals surface area (Å²) in [5, 5.41) is 14.4. The van der Waals surface area contributed by atoms with Crippen molar-refractivity contribution in [2.75, 3.05) is 32.2 Å². The van der Waals surface area contributed by atoms with Crippen LogP contribution in [0.4, 0.5) is 10.7 Å². The van der Waals surface area contributed by atoms with Crippen LogP contribution in [0.3, 0.4) is 0 Å². The van der Waals surface area contributed by atoms with E-state index in [0.29, 0.717) is 23.5 Å². The summed E-state index contributed by atoms with van der Waals surface area (Å²) in [5.41, 5.74) is -0.172. The van der Waals surface area contributed by atoms with E-state index in [2.05, 4.69) is 10.2 Å². The second-order valence-electron chi connectivity index (χ2n) is 5.56. The van der Waals surface area contributed by atoms with Crippen molar-refractivity contribution in [1.82, 2.24) is 4.90 Å². The Bertz CT molecular complexity index is 633. The van der Waals surface area contributed by atoms with Crippen LogP contribution in [0, 0.1) is 16.0 Å². The molecule has 1 aromatic rings. The second kappa shape index (κ2) is 5.90. The number of rotatable bonds is 7. The van der Waals surface area contributed by atoms with Crippen molar-refractivity contribution in [3.63, 3.8) is 0 Å². The van der Waals surface area contributed by atoms with Crippen LogP contribution in [0.15, 0.2) is 10.3 Å². The van der Waals surface area contributed by atoms with E-state index in [1.807, 2.05) is 14.1 Å². The zero-order valence-corrected chi connectivity index (χ0v) is 13.8. The van der Waals surface area contributed by atoms with E-state index in [-0.39, 0.29) is 9.90 Å². The van der Waals surface area contributed by atoms with Gasteiger partial charge in [0.1, 0.15) is 4.21 Å². The minimum atomic E-state index is -3.43. The van der Waals surface area contributed by atoms with Gasteiger partial charge in [-0.25, -0.2) is 8.42 Å². The van der Waals surface area contributed by atoms with Crippen LogP contribution in [0.2, 0.25) is 0 Å². The number of likely N-dealkylation sites (N-methyl/N-ethyl adjacent to an activating group) is 1. The second-order valence-corrected chi connectivity index (χ2v) is 8.85. The number of nitrogens with zero attached hydrogens (tertiary/aromatic N) is 2. The summed E-state index contributed by atoms with van der Waals surface area (Å²) in [6.07, 6.45) is 3.40. The van der Waals surface area contributed by atoms with Crippen LogP contribution in [0.1, 0.15) is 12.8 Å². The molecular weight excluding hydrogens is 314 g/mol. The van der Waals surface area contributed by atoms with Crippen LogP contribution in [0.5, 0.6) is 0 Å². The van der Waals surface area contributed by atoms with Crippen molar-refractivity contribution >= 4 is 31.9 Å². The first-order valence-electron chi connectivity index (χ1n) is 6.58. The van der Waals surface area contributed by atoms with Crippen molar-refractivity contribution in [2.45, 2.75) is 23.1 Å². The molecule has 0 saturated heterocycles. The van der Waals surface area contributed by atoms with Crippen molar-refractivity contribution < 1.29 is 13.3 Å². The van der Waals surface area contributed by atoms with Gasteiger partial charge in [-0.15, -0.1) is 0 Å². The van der Waals surface area contributed by atoms with Gasteiger partial charge in [0, 0.05) is 24.9 Å². The monoisotopic (exact) mass is 333 g/mol. The predicted molar refractivity (Wildman–Crippen MR) is 82.8 cm³/mol. The minimum absolute atomic E-state index is 0.0181. The molecule has 1 saturated carbocycles. The number of hydrogen-bond donors (Lipinski definition) is 1. The fourth-order valence-electron chi connectivity index (χ4n) is 2.25. The van der Waals surface area contributed by atoms with Gasteiger partial charge < -0.3 is 10.2 Å². The zero-order chi connectivity index (χ0) is 15.8. The molecule has 21 heavy (non-hydrogen) atoms. The van der Waals surface area contributed by atoms with Gasteiger partial charge in [-0.2, -0.15) is 0 Å². The molecule has 0 aliphatic heterocycles. The van der Waals surface area contributed by atoms with Crippen molar-refractivity contribution in [3.05, 3.63) is 16.2 Å². The minimum Gasteiger partial charge on any atom is -0.370 e. The van der Waals surface area contributed by atoms with E-state index in [0.717, 1.165) is 23.7 Å². The molecule has 1 N–H and O–H groups in total. The molecule has 1 aliphatic rings. The topological polar surface area (TPSA) is 92.6 Å². The highest BCUT2D eigenvalue weighted by atomic mass is 32.2. The lowest BCUT2D eigenvalue weighted by atomic mass is 10.1. The molecule has 118 valence electrons. The average Bonchev–Trinajstić information content (AvgIpc) is 3.05. The summed E-state index contributed by atoms with van der Waals surface area (Å²) in [6, 6.07) is 1.43. The Hall–Kier alpha value is -1.19. The molecular formula is C12H19N3O4S2. The van der Waals surface area contributed by atoms with Gasteiger partial charge in [-0.05, 0) is 32.9 Å². The van der Waals surface area contributed by atoms with Crippen LogP contribution in [0.25, 0.3) is 0 Å². The molecule has 0 spiro atoms. The lowest BCUT2D eigenvalue weighted by Gasteiger charge is -2.24. The number of sulfone groups is 1. The van der Waals surface area contributed by atoms with Crippen molar-refractivity contribution in [2.24, 2.45) is 5.92 Å². The largest absolute Gasteiger partial charge is 0.370 e. The SMILES string of the molecule is CN(C)C(CNc1sc(S(C)(=O)=O)cc1[N+](=O)[O-])C1CC1. The quantitative estimate of drug-likeness (QED) is 0.604. The number of anilines is 1. The smallest absolute Gasteiger partial charge is 0.304 e. The molecule has 1 heterocycles. The Kier molecular flexibility index (Phi) is 4.54. The van der Waals surface area contributed by atoms with Crippen LogP contribution in [-0.4, -0.2) is 51.2 Å². The number of hydrogen-bond acceptors (Lipinski definition) is 7. The molecule has 1 unspecified atom stereocenters. The molecule has 9 heteroatoms. The van der Waals surface area contributed by atoms with E-state index in [9.17, 15) is 18.5 Å². The maximum absolute atomic E-state index is 11.5. The Morgan fingerprint density at radius 1 is 1.52 bits per heavy atom. The van der Waals surface area contributed by atoms with Gasteiger partial charge in [0.25, 0.3) is 0 Å². The number of nitrogens with one attached hydrogen (secondary N) is 1. The van der Waals surface area contributed by atoms with Gasteiger partial charge in [0.05, 0.1) is 4.92 Å². The molecule has 1 fully saturated rings. The predicted octanol–water partition coefficient (Wildman–Crippen LogP) is 1.81. The summed E-state index contributed by atoms with van der Waals surface area (Å²) in [4.78, 5) is 12.6. The molecule has 0 amide bonds. The highest BCUT2D eigenvalue weighted by Crippen LogP contribution is 2.38. The molecule has 1 atom stereocenters. The van der Waals surface area contributed by atoms with Gasteiger partial charge in [-0.3, -0.25) is 10.1 Å². The van der Waals surface area contributed by atoms with Crippen molar-refractivity contribution in [1.29, 1.82) is 0 Å². The highest BCUT2D eigenvalue weighted by Gasteiger charge is 2.33. The third-order valence-electron chi connectivity index (χ3n) is 3.55. The third-order valence-corrected chi connectivity index (χ3v) is 6.44. The summed E-state index contributed by atoms with van der Waals surface area (Å²) in [7, 11) is 0.530. The Labute approximate surface area is 128 Å². The van der Waals surface area contributed by atoms with Gasteiger partial charge in [0.2, 0.25) is 0 Å². The maximum Gasteiger partial charge on any atom is 0.304 e. The lowest BCUT2D eigenvalue weighted by molar-refractivity contribution is -0.383. The first-order valence-corrected chi connectivity index (χ1v) is 9.29. The maximum atomic E-state index is 11.5. The number of nitro groups is 1. The summed E-state index contributed by atoms with van der Waals surface area (Å²) in [5.74, 6) is 0.612. The van der Waals surface area contributed by atoms with Crippen molar-refractivity contribution in [3.8, 4) is 0 Å². The summed E-state index contributed by atoms with van der Waals surface area (Å²) < 4.78 is 23.1. The molecule has 0 aromatic carbocycles. The molecule has 7 nitrogen and oxygen atoms in total. The first kappa shape index (κ1) is 16.2. The Morgan fingerprint density at radius 3 is 2.57 bits per heavy atom. The fourth-order valence-corrected chi connectivity index (χ4v) is 4.20. The Balaban J connectivity index is 2.18. The standard InChI is InChI=1S/C12H19N3O4S2/c1-14(2)10(8-4-5-8)7-13-12-9(15(16)17)6-11(20-12)21(3,18)19/h6,8,10,13H,4-5,7H2,1-3H3. The van der Waals surface area contributed by atoms with E-state index in [1.165, 1.54) is 12.8 Å². The van der Waals surface area contributed by atoms with E-state index in [1.54, 1.807) is 0 Å². The van der Waals surface area contributed by atoms with E-state index < -0.39 is 14.8 Å². The summed E-state index contributed by atoms with van der Waals surface area (Å²) in [6.45, 7) is 0.572. The third kappa shape index (κ3) is 3.92. The van der Waals surface area contributed by atoms with E-state index >= 15 is 0 Å².